The minimum atomic E-state index is -0.719. The van der Waals surface area contributed by atoms with Crippen LogP contribution in [0.5, 0.6) is 0 Å². The van der Waals surface area contributed by atoms with E-state index in [9.17, 15) is 9.59 Å². The number of hydrogen-bond donors (Lipinski definition) is 1. The van der Waals surface area contributed by atoms with Gasteiger partial charge in [0.05, 0.1) is 0 Å². The van der Waals surface area contributed by atoms with Gasteiger partial charge in [-0.1, -0.05) is 62.6 Å². The Morgan fingerprint density at radius 3 is 2.72 bits per heavy atom. The molecular weight excluding hydrogens is 312 g/mol. The summed E-state index contributed by atoms with van der Waals surface area (Å²) >= 11 is 0. The van der Waals surface area contributed by atoms with Gasteiger partial charge in [-0.2, -0.15) is 0 Å². The van der Waals surface area contributed by atoms with Gasteiger partial charge in [0, 0.05) is 18.8 Å². The number of aryl methyl sites for hydroxylation is 1. The lowest BCUT2D eigenvalue weighted by atomic mass is 9.89. The van der Waals surface area contributed by atoms with E-state index in [1.54, 1.807) is 0 Å². The molecule has 0 amide bonds. The lowest BCUT2D eigenvalue weighted by Crippen LogP contribution is -2.13. The quantitative estimate of drug-likeness (QED) is 0.588. The van der Waals surface area contributed by atoms with Crippen molar-refractivity contribution in [2.75, 3.05) is 0 Å². The van der Waals surface area contributed by atoms with Crippen LogP contribution in [0.25, 0.3) is 6.08 Å². The number of Topliss-reactive ketones (excluding diaryl/α,β-unsaturated/α-hetero) is 1. The number of carbonyl (C=O) groups is 2. The number of hydrogen-bond acceptors (Lipinski definition) is 2. The van der Waals surface area contributed by atoms with E-state index in [1.165, 1.54) is 11.1 Å². The molecule has 0 heterocycles. The standard InChI is InChI=1S/C22H30O3/c1-2-17-9-7-8-10-18(17)13-14-19-15-16-21(23)20(19)11-5-3-4-6-12-22(24)25/h7-10,13-14,19-20H,2-6,11-12,15-16H2,1H3,(H,24,25)/t19-,20+/m1/s1. The van der Waals surface area contributed by atoms with Crippen molar-refractivity contribution in [3.63, 3.8) is 0 Å². The summed E-state index contributed by atoms with van der Waals surface area (Å²) in [5.74, 6) is 0.202. The number of unbranched alkanes of at least 4 members (excludes halogenated alkanes) is 3. The third-order valence-electron chi connectivity index (χ3n) is 5.27. The smallest absolute Gasteiger partial charge is 0.303 e. The fraction of sp³-hybridized carbons (Fsp3) is 0.545. The molecule has 2 rings (SSSR count). The number of ketones is 1. The van der Waals surface area contributed by atoms with Gasteiger partial charge in [-0.3, -0.25) is 9.59 Å². The van der Waals surface area contributed by atoms with E-state index in [0.717, 1.165) is 44.9 Å². The van der Waals surface area contributed by atoms with Gasteiger partial charge in [0.1, 0.15) is 5.78 Å². The lowest BCUT2D eigenvalue weighted by molar-refractivity contribution is -0.137. The van der Waals surface area contributed by atoms with Crippen molar-refractivity contribution in [1.82, 2.24) is 0 Å². The Morgan fingerprint density at radius 1 is 1.20 bits per heavy atom. The van der Waals surface area contributed by atoms with Gasteiger partial charge in [0.2, 0.25) is 0 Å². The van der Waals surface area contributed by atoms with Crippen molar-refractivity contribution in [2.45, 2.75) is 64.7 Å². The largest absolute Gasteiger partial charge is 0.481 e. The number of aliphatic carboxylic acids is 1. The van der Waals surface area contributed by atoms with Gasteiger partial charge >= 0.3 is 5.97 Å². The van der Waals surface area contributed by atoms with Crippen LogP contribution in [-0.2, 0) is 16.0 Å². The second-order valence-electron chi connectivity index (χ2n) is 7.03. The minimum absolute atomic E-state index is 0.157. The van der Waals surface area contributed by atoms with Crippen molar-refractivity contribution >= 4 is 17.8 Å². The molecule has 1 N–H and O–H groups in total. The maximum absolute atomic E-state index is 12.2. The van der Waals surface area contributed by atoms with E-state index >= 15 is 0 Å². The zero-order chi connectivity index (χ0) is 18.1. The molecule has 0 radical (unpaired) electrons. The Bertz CT molecular complexity index is 603. The molecule has 3 heteroatoms. The van der Waals surface area contributed by atoms with E-state index < -0.39 is 5.97 Å². The molecule has 1 fully saturated rings. The van der Waals surface area contributed by atoms with Crippen molar-refractivity contribution in [3.05, 3.63) is 41.5 Å². The molecule has 1 aromatic carbocycles. The molecule has 0 bridgehead atoms. The predicted octanol–water partition coefficient (Wildman–Crippen LogP) is 5.28. The molecule has 0 spiro atoms. The van der Waals surface area contributed by atoms with Crippen LogP contribution in [0.1, 0.15) is 69.4 Å². The second kappa shape index (κ2) is 10.2. The summed E-state index contributed by atoms with van der Waals surface area (Å²) in [6.07, 6.45) is 12.0. The van der Waals surface area contributed by atoms with Gasteiger partial charge in [-0.15, -0.1) is 0 Å². The first-order valence-electron chi connectivity index (χ1n) is 9.62. The third-order valence-corrected chi connectivity index (χ3v) is 5.27. The van der Waals surface area contributed by atoms with E-state index in [0.29, 0.717) is 18.1 Å². The second-order valence-corrected chi connectivity index (χ2v) is 7.03. The summed E-state index contributed by atoms with van der Waals surface area (Å²) in [5, 5.41) is 8.65. The number of carboxylic acid groups (broad SMARTS) is 1. The summed E-state index contributed by atoms with van der Waals surface area (Å²) in [6, 6.07) is 8.44. The van der Waals surface area contributed by atoms with Crippen LogP contribution in [0.2, 0.25) is 0 Å². The first kappa shape index (κ1) is 19.4. The molecule has 3 nitrogen and oxygen atoms in total. The maximum atomic E-state index is 12.2. The molecule has 1 aromatic rings. The SMILES string of the molecule is CCc1ccccc1C=C[C@@H]1CCC(=O)[C@H]1CCCCCCC(=O)O. The molecule has 136 valence electrons. The Balaban J connectivity index is 1.84. The summed E-state index contributed by atoms with van der Waals surface area (Å²) in [7, 11) is 0. The van der Waals surface area contributed by atoms with E-state index in [2.05, 4.69) is 43.3 Å². The number of benzene rings is 1. The molecule has 0 saturated heterocycles. The molecule has 0 aromatic heterocycles. The average molecular weight is 342 g/mol. The summed E-state index contributed by atoms with van der Waals surface area (Å²) < 4.78 is 0. The summed E-state index contributed by atoms with van der Waals surface area (Å²) in [6.45, 7) is 2.17. The fourth-order valence-electron chi connectivity index (χ4n) is 3.78. The fourth-order valence-corrected chi connectivity index (χ4v) is 3.78. The number of carbonyl (C=O) groups excluding carboxylic acids is 1. The average Bonchev–Trinajstić information content (AvgIpc) is 2.96. The van der Waals surface area contributed by atoms with Crippen LogP contribution in [-0.4, -0.2) is 16.9 Å². The monoisotopic (exact) mass is 342 g/mol. The van der Waals surface area contributed by atoms with Crippen LogP contribution in [0, 0.1) is 11.8 Å². The van der Waals surface area contributed by atoms with Crippen LogP contribution in [0.15, 0.2) is 30.3 Å². The highest BCUT2D eigenvalue weighted by atomic mass is 16.4. The first-order chi connectivity index (χ1) is 12.1. The topological polar surface area (TPSA) is 54.4 Å². The molecule has 1 aliphatic rings. The molecule has 1 saturated carbocycles. The Labute approximate surface area is 151 Å². The molecule has 25 heavy (non-hydrogen) atoms. The van der Waals surface area contributed by atoms with E-state index in [1.807, 2.05) is 0 Å². The van der Waals surface area contributed by atoms with Gasteiger partial charge in [0.15, 0.2) is 0 Å². The van der Waals surface area contributed by atoms with Crippen molar-refractivity contribution < 1.29 is 14.7 Å². The molecule has 2 atom stereocenters. The number of allylic oxidation sites excluding steroid dienone is 1. The van der Waals surface area contributed by atoms with Crippen LogP contribution in [0.4, 0.5) is 0 Å². The first-order valence-corrected chi connectivity index (χ1v) is 9.62. The number of rotatable bonds is 10. The maximum Gasteiger partial charge on any atom is 0.303 e. The minimum Gasteiger partial charge on any atom is -0.481 e. The van der Waals surface area contributed by atoms with E-state index in [-0.39, 0.29) is 12.3 Å². The Morgan fingerprint density at radius 2 is 1.96 bits per heavy atom. The molecule has 1 aliphatic carbocycles. The molecular formula is C22H30O3. The van der Waals surface area contributed by atoms with Crippen molar-refractivity contribution in [2.24, 2.45) is 11.8 Å². The van der Waals surface area contributed by atoms with Crippen LogP contribution >= 0.6 is 0 Å². The Hall–Kier alpha value is -1.90. The highest BCUT2D eigenvalue weighted by Gasteiger charge is 2.32. The Kier molecular flexibility index (Phi) is 7.90. The number of carboxylic acids is 1. The van der Waals surface area contributed by atoms with E-state index in [4.69, 9.17) is 5.11 Å². The van der Waals surface area contributed by atoms with Crippen LogP contribution in [0.3, 0.4) is 0 Å². The van der Waals surface area contributed by atoms with Gasteiger partial charge in [-0.05, 0) is 42.7 Å². The van der Waals surface area contributed by atoms with Gasteiger partial charge in [0.25, 0.3) is 0 Å². The van der Waals surface area contributed by atoms with Gasteiger partial charge in [-0.25, -0.2) is 0 Å². The summed E-state index contributed by atoms with van der Waals surface area (Å²) in [5.41, 5.74) is 2.61. The molecule has 0 aliphatic heterocycles. The van der Waals surface area contributed by atoms with Crippen LogP contribution < -0.4 is 0 Å². The normalized spacial score (nSPS) is 20.4. The lowest BCUT2D eigenvalue weighted by Gasteiger charge is -2.15. The predicted molar refractivity (Wildman–Crippen MR) is 101 cm³/mol. The van der Waals surface area contributed by atoms with Crippen molar-refractivity contribution in [3.8, 4) is 0 Å². The highest BCUT2D eigenvalue weighted by Crippen LogP contribution is 2.34. The summed E-state index contributed by atoms with van der Waals surface area (Å²) in [4.78, 5) is 22.7. The molecule has 0 unspecified atom stereocenters. The third kappa shape index (κ3) is 6.15. The zero-order valence-electron chi connectivity index (χ0n) is 15.2. The van der Waals surface area contributed by atoms with Gasteiger partial charge < -0.3 is 5.11 Å². The zero-order valence-corrected chi connectivity index (χ0v) is 15.2. The highest BCUT2D eigenvalue weighted by molar-refractivity contribution is 5.84. The van der Waals surface area contributed by atoms with Crippen molar-refractivity contribution in [1.29, 1.82) is 0 Å².